The first-order chi connectivity index (χ1) is 8.04. The summed E-state index contributed by atoms with van der Waals surface area (Å²) in [5.41, 5.74) is 6.92. The predicted molar refractivity (Wildman–Crippen MR) is 63.6 cm³/mol. The highest BCUT2D eigenvalue weighted by Gasteiger charge is 2.08. The van der Waals surface area contributed by atoms with E-state index < -0.39 is 11.8 Å². The maximum atomic E-state index is 10.9. The van der Waals surface area contributed by atoms with E-state index in [0.717, 1.165) is 16.9 Å². The lowest BCUT2D eigenvalue weighted by Crippen LogP contribution is -2.37. The van der Waals surface area contributed by atoms with Crippen molar-refractivity contribution in [3.05, 3.63) is 29.3 Å². The summed E-state index contributed by atoms with van der Waals surface area (Å²) < 4.78 is 5.20. The van der Waals surface area contributed by atoms with Gasteiger partial charge in [-0.05, 0) is 25.0 Å². The summed E-state index contributed by atoms with van der Waals surface area (Å²) in [5.74, 6) is -0.971. The van der Waals surface area contributed by atoms with Crippen molar-refractivity contribution < 1.29 is 14.3 Å². The van der Waals surface area contributed by atoms with Gasteiger partial charge >= 0.3 is 11.8 Å². The molecule has 0 bridgehead atoms. The Morgan fingerprint density at radius 2 is 2.12 bits per heavy atom. The zero-order valence-electron chi connectivity index (χ0n) is 9.95. The van der Waals surface area contributed by atoms with Crippen LogP contribution in [0.3, 0.4) is 0 Å². The number of nitrogens with two attached hydrogens (primary N) is 1. The third kappa shape index (κ3) is 3.79. The van der Waals surface area contributed by atoms with Gasteiger partial charge in [-0.3, -0.25) is 9.59 Å². The molecule has 0 fully saturated rings. The Balaban J connectivity index is 2.59. The summed E-state index contributed by atoms with van der Waals surface area (Å²) in [6, 6.07) is 5.81. The Morgan fingerprint density at radius 3 is 2.71 bits per heavy atom. The monoisotopic (exact) mass is 236 g/mol. The SMILES string of the molecule is COc1ccc(C)cc1CCNC(=O)C(N)=O. The van der Waals surface area contributed by atoms with E-state index in [-0.39, 0.29) is 0 Å². The second-order valence-corrected chi connectivity index (χ2v) is 3.69. The molecule has 5 nitrogen and oxygen atoms in total. The Labute approximate surface area is 99.9 Å². The molecule has 5 heteroatoms. The molecular weight excluding hydrogens is 220 g/mol. The van der Waals surface area contributed by atoms with E-state index in [1.807, 2.05) is 25.1 Å². The number of aryl methyl sites for hydroxylation is 1. The largest absolute Gasteiger partial charge is 0.496 e. The van der Waals surface area contributed by atoms with Crippen molar-refractivity contribution in [1.29, 1.82) is 0 Å². The van der Waals surface area contributed by atoms with Gasteiger partial charge in [-0.1, -0.05) is 17.7 Å². The quantitative estimate of drug-likeness (QED) is 0.730. The van der Waals surface area contributed by atoms with Crippen LogP contribution in [0, 0.1) is 6.92 Å². The average molecular weight is 236 g/mol. The molecule has 0 radical (unpaired) electrons. The fraction of sp³-hybridized carbons (Fsp3) is 0.333. The number of rotatable bonds is 4. The van der Waals surface area contributed by atoms with Crippen LogP contribution < -0.4 is 15.8 Å². The smallest absolute Gasteiger partial charge is 0.309 e. The topological polar surface area (TPSA) is 81.4 Å². The van der Waals surface area contributed by atoms with E-state index in [4.69, 9.17) is 10.5 Å². The van der Waals surface area contributed by atoms with Gasteiger partial charge < -0.3 is 15.8 Å². The molecule has 1 rings (SSSR count). The molecule has 0 saturated heterocycles. The summed E-state index contributed by atoms with van der Waals surface area (Å²) in [6.07, 6.45) is 0.587. The molecule has 0 atom stereocenters. The van der Waals surface area contributed by atoms with E-state index in [2.05, 4.69) is 5.32 Å². The number of ether oxygens (including phenoxy) is 1. The van der Waals surface area contributed by atoms with Crippen LogP contribution in [0.4, 0.5) is 0 Å². The van der Waals surface area contributed by atoms with Gasteiger partial charge in [0.15, 0.2) is 0 Å². The number of hydrogen-bond acceptors (Lipinski definition) is 3. The number of nitrogens with one attached hydrogen (secondary N) is 1. The molecule has 0 aliphatic rings. The molecule has 0 aliphatic carbocycles. The standard InChI is InChI=1S/C12H16N2O3/c1-8-3-4-10(17-2)9(7-8)5-6-14-12(16)11(13)15/h3-4,7H,5-6H2,1-2H3,(H2,13,15)(H,14,16). The molecule has 0 aliphatic heterocycles. The van der Waals surface area contributed by atoms with Gasteiger partial charge in [0.2, 0.25) is 0 Å². The van der Waals surface area contributed by atoms with E-state index >= 15 is 0 Å². The van der Waals surface area contributed by atoms with Gasteiger partial charge in [-0.15, -0.1) is 0 Å². The van der Waals surface area contributed by atoms with E-state index in [1.165, 1.54) is 0 Å². The molecule has 1 aromatic carbocycles. The minimum atomic E-state index is -0.971. The van der Waals surface area contributed by atoms with Gasteiger partial charge in [0.05, 0.1) is 7.11 Å². The van der Waals surface area contributed by atoms with Crippen molar-refractivity contribution in [2.45, 2.75) is 13.3 Å². The van der Waals surface area contributed by atoms with Gasteiger partial charge in [0, 0.05) is 6.54 Å². The third-order valence-electron chi connectivity index (χ3n) is 2.34. The maximum absolute atomic E-state index is 10.9. The van der Waals surface area contributed by atoms with Crippen molar-refractivity contribution in [2.75, 3.05) is 13.7 Å². The molecular formula is C12H16N2O3. The summed E-state index contributed by atoms with van der Waals surface area (Å²) in [6.45, 7) is 2.33. The number of benzene rings is 1. The van der Waals surface area contributed by atoms with Crippen molar-refractivity contribution in [2.24, 2.45) is 5.73 Å². The number of amides is 2. The van der Waals surface area contributed by atoms with Gasteiger partial charge in [0.1, 0.15) is 5.75 Å². The van der Waals surface area contributed by atoms with Crippen molar-refractivity contribution in [3.63, 3.8) is 0 Å². The minimum absolute atomic E-state index is 0.349. The fourth-order valence-corrected chi connectivity index (χ4v) is 1.50. The highest BCUT2D eigenvalue weighted by atomic mass is 16.5. The van der Waals surface area contributed by atoms with Crippen LogP contribution in [0.5, 0.6) is 5.75 Å². The van der Waals surface area contributed by atoms with Crippen LogP contribution in [-0.4, -0.2) is 25.5 Å². The van der Waals surface area contributed by atoms with E-state index in [1.54, 1.807) is 7.11 Å². The normalized spacial score (nSPS) is 9.76. The maximum Gasteiger partial charge on any atom is 0.309 e. The van der Waals surface area contributed by atoms with Gasteiger partial charge in [-0.25, -0.2) is 0 Å². The average Bonchev–Trinajstić information content (AvgIpc) is 2.29. The number of hydrogen-bond donors (Lipinski definition) is 2. The summed E-state index contributed by atoms with van der Waals surface area (Å²) in [7, 11) is 1.59. The Morgan fingerprint density at radius 1 is 1.41 bits per heavy atom. The van der Waals surface area contributed by atoms with Crippen LogP contribution >= 0.6 is 0 Å². The summed E-state index contributed by atoms with van der Waals surface area (Å²) in [5, 5.41) is 2.43. The second-order valence-electron chi connectivity index (χ2n) is 3.69. The Kier molecular flexibility index (Phi) is 4.51. The summed E-state index contributed by atoms with van der Waals surface area (Å²) in [4.78, 5) is 21.4. The van der Waals surface area contributed by atoms with Crippen molar-refractivity contribution in [3.8, 4) is 5.75 Å². The molecule has 2 amide bonds. The lowest BCUT2D eigenvalue weighted by molar-refractivity contribution is -0.137. The molecule has 3 N–H and O–H groups in total. The van der Waals surface area contributed by atoms with Crippen LogP contribution in [0.25, 0.3) is 0 Å². The number of carbonyl (C=O) groups excluding carboxylic acids is 2. The molecule has 0 heterocycles. The van der Waals surface area contributed by atoms with Gasteiger partial charge in [0.25, 0.3) is 0 Å². The first-order valence-electron chi connectivity index (χ1n) is 5.25. The fourth-order valence-electron chi connectivity index (χ4n) is 1.50. The van der Waals surface area contributed by atoms with Crippen LogP contribution in [0.15, 0.2) is 18.2 Å². The lowest BCUT2D eigenvalue weighted by atomic mass is 10.1. The molecule has 0 spiro atoms. The van der Waals surface area contributed by atoms with Crippen molar-refractivity contribution >= 4 is 11.8 Å². The molecule has 0 unspecified atom stereocenters. The molecule has 17 heavy (non-hydrogen) atoms. The highest BCUT2D eigenvalue weighted by molar-refractivity contribution is 6.34. The minimum Gasteiger partial charge on any atom is -0.496 e. The molecule has 92 valence electrons. The first kappa shape index (κ1) is 13.0. The Bertz CT molecular complexity index is 430. The molecule has 0 aromatic heterocycles. The van der Waals surface area contributed by atoms with E-state index in [9.17, 15) is 9.59 Å². The second kappa shape index (κ2) is 5.89. The van der Waals surface area contributed by atoms with Crippen molar-refractivity contribution in [1.82, 2.24) is 5.32 Å². The number of primary amides is 1. The highest BCUT2D eigenvalue weighted by Crippen LogP contribution is 2.19. The van der Waals surface area contributed by atoms with E-state index in [0.29, 0.717) is 13.0 Å². The zero-order valence-corrected chi connectivity index (χ0v) is 9.95. The van der Waals surface area contributed by atoms with Crippen LogP contribution in [0.2, 0.25) is 0 Å². The molecule has 0 saturated carbocycles. The van der Waals surface area contributed by atoms with Gasteiger partial charge in [-0.2, -0.15) is 0 Å². The van der Waals surface area contributed by atoms with Crippen LogP contribution in [0.1, 0.15) is 11.1 Å². The third-order valence-corrected chi connectivity index (χ3v) is 2.34. The van der Waals surface area contributed by atoms with Crippen LogP contribution in [-0.2, 0) is 16.0 Å². The predicted octanol–water partition coefficient (Wildman–Crippen LogP) is 0.148. The number of carbonyl (C=O) groups is 2. The molecule has 1 aromatic rings. The Hall–Kier alpha value is -2.04. The number of methoxy groups -OCH3 is 1. The zero-order chi connectivity index (χ0) is 12.8. The first-order valence-corrected chi connectivity index (χ1v) is 5.25. The summed E-state index contributed by atoms with van der Waals surface area (Å²) >= 11 is 0. The lowest BCUT2D eigenvalue weighted by Gasteiger charge is -2.09.